The molecule has 0 saturated heterocycles. The molecule has 1 atom stereocenters. The average molecular weight is 352 g/mol. The monoisotopic (exact) mass is 351 g/mol. The summed E-state index contributed by atoms with van der Waals surface area (Å²) in [6, 6.07) is 5.75. The van der Waals surface area contributed by atoms with Crippen molar-refractivity contribution in [3.8, 4) is 5.88 Å². The highest BCUT2D eigenvalue weighted by Crippen LogP contribution is 2.24. The molecule has 2 rings (SSSR count). The standard InChI is InChI=1S/C15H18BrN3O2/c1-9(2)10(3)19-14(20)7-21-15-12-6-11(16)4-5-13(12)17-8-18-15/h4-6,8-10H,7H2,1-3H3,(H,19,20). The molecule has 0 fully saturated rings. The fourth-order valence-corrected chi connectivity index (χ4v) is 2.08. The Bertz CT molecular complexity index is 646. The van der Waals surface area contributed by atoms with Gasteiger partial charge in [0, 0.05) is 10.5 Å². The predicted octanol–water partition coefficient (Wildman–Crippen LogP) is 2.93. The van der Waals surface area contributed by atoms with Crippen LogP contribution in [0.3, 0.4) is 0 Å². The van der Waals surface area contributed by atoms with Crippen molar-refractivity contribution in [3.63, 3.8) is 0 Å². The van der Waals surface area contributed by atoms with Crippen LogP contribution < -0.4 is 10.1 Å². The van der Waals surface area contributed by atoms with E-state index in [1.807, 2.05) is 25.1 Å². The largest absolute Gasteiger partial charge is 0.467 e. The third-order valence-electron chi connectivity index (χ3n) is 3.29. The number of halogens is 1. The van der Waals surface area contributed by atoms with Crippen molar-refractivity contribution < 1.29 is 9.53 Å². The number of rotatable bonds is 5. The van der Waals surface area contributed by atoms with Gasteiger partial charge in [0.2, 0.25) is 5.88 Å². The van der Waals surface area contributed by atoms with E-state index in [-0.39, 0.29) is 18.6 Å². The zero-order valence-corrected chi connectivity index (χ0v) is 13.8. The molecule has 1 aromatic heterocycles. The van der Waals surface area contributed by atoms with E-state index >= 15 is 0 Å². The number of fused-ring (bicyclic) bond motifs is 1. The summed E-state index contributed by atoms with van der Waals surface area (Å²) in [4.78, 5) is 20.1. The van der Waals surface area contributed by atoms with Gasteiger partial charge >= 0.3 is 0 Å². The topological polar surface area (TPSA) is 64.1 Å². The number of hydrogen-bond acceptors (Lipinski definition) is 4. The molecule has 6 heteroatoms. The molecule has 1 unspecified atom stereocenters. The van der Waals surface area contributed by atoms with Crippen molar-refractivity contribution in [2.75, 3.05) is 6.61 Å². The summed E-state index contributed by atoms with van der Waals surface area (Å²) < 4.78 is 6.44. The summed E-state index contributed by atoms with van der Waals surface area (Å²) in [5.74, 6) is 0.636. The van der Waals surface area contributed by atoms with Gasteiger partial charge in [-0.3, -0.25) is 4.79 Å². The van der Waals surface area contributed by atoms with Gasteiger partial charge in [-0.15, -0.1) is 0 Å². The molecular formula is C15H18BrN3O2. The smallest absolute Gasteiger partial charge is 0.258 e. The summed E-state index contributed by atoms with van der Waals surface area (Å²) >= 11 is 3.40. The maximum atomic E-state index is 11.8. The van der Waals surface area contributed by atoms with Gasteiger partial charge in [-0.05, 0) is 31.0 Å². The Morgan fingerprint density at radius 3 is 2.81 bits per heavy atom. The van der Waals surface area contributed by atoms with Crippen LogP contribution in [0.1, 0.15) is 20.8 Å². The van der Waals surface area contributed by atoms with Gasteiger partial charge in [0.1, 0.15) is 6.33 Å². The van der Waals surface area contributed by atoms with Gasteiger partial charge in [-0.2, -0.15) is 0 Å². The molecule has 0 bridgehead atoms. The molecule has 0 radical (unpaired) electrons. The van der Waals surface area contributed by atoms with Crippen LogP contribution in [-0.4, -0.2) is 28.5 Å². The minimum Gasteiger partial charge on any atom is -0.467 e. The van der Waals surface area contributed by atoms with Gasteiger partial charge in [-0.1, -0.05) is 29.8 Å². The van der Waals surface area contributed by atoms with E-state index in [2.05, 4.69) is 45.1 Å². The number of nitrogens with zero attached hydrogens (tertiary/aromatic N) is 2. The SMILES string of the molecule is CC(C)C(C)NC(=O)COc1ncnc2ccc(Br)cc12. The van der Waals surface area contributed by atoms with Crippen LogP contribution in [0.2, 0.25) is 0 Å². The first kappa shape index (κ1) is 15.7. The van der Waals surface area contributed by atoms with E-state index in [0.717, 1.165) is 15.4 Å². The van der Waals surface area contributed by atoms with Crippen LogP contribution in [0.5, 0.6) is 5.88 Å². The number of nitrogens with one attached hydrogen (secondary N) is 1. The molecule has 1 amide bonds. The van der Waals surface area contributed by atoms with Gasteiger partial charge in [0.05, 0.1) is 10.9 Å². The molecule has 112 valence electrons. The Balaban J connectivity index is 2.07. The first-order valence-corrected chi connectivity index (χ1v) is 7.59. The van der Waals surface area contributed by atoms with Crippen molar-refractivity contribution >= 4 is 32.7 Å². The second-order valence-electron chi connectivity index (χ2n) is 5.23. The second kappa shape index (κ2) is 6.85. The van der Waals surface area contributed by atoms with E-state index in [4.69, 9.17) is 4.74 Å². The molecule has 0 aliphatic heterocycles. The molecule has 1 aromatic carbocycles. The van der Waals surface area contributed by atoms with E-state index < -0.39 is 0 Å². The first-order valence-electron chi connectivity index (χ1n) is 6.80. The van der Waals surface area contributed by atoms with Gasteiger partial charge in [0.25, 0.3) is 5.91 Å². The molecule has 21 heavy (non-hydrogen) atoms. The van der Waals surface area contributed by atoms with Gasteiger partial charge in [0.15, 0.2) is 6.61 Å². The fraction of sp³-hybridized carbons (Fsp3) is 0.400. The Kier molecular flexibility index (Phi) is 5.12. The summed E-state index contributed by atoms with van der Waals surface area (Å²) in [6.07, 6.45) is 1.43. The summed E-state index contributed by atoms with van der Waals surface area (Å²) in [7, 11) is 0. The van der Waals surface area contributed by atoms with Crippen LogP contribution in [0, 0.1) is 5.92 Å². The van der Waals surface area contributed by atoms with Crippen LogP contribution in [0.25, 0.3) is 10.9 Å². The third-order valence-corrected chi connectivity index (χ3v) is 3.78. The summed E-state index contributed by atoms with van der Waals surface area (Å²) in [5, 5.41) is 3.67. The third kappa shape index (κ3) is 4.14. The molecular weight excluding hydrogens is 334 g/mol. The van der Waals surface area contributed by atoms with Crippen molar-refractivity contribution in [2.24, 2.45) is 5.92 Å². The molecule has 0 aliphatic rings. The van der Waals surface area contributed by atoms with Gasteiger partial charge < -0.3 is 10.1 Å². The number of ether oxygens (including phenoxy) is 1. The normalized spacial score (nSPS) is 12.4. The van der Waals surface area contributed by atoms with Gasteiger partial charge in [-0.25, -0.2) is 9.97 Å². The number of carbonyl (C=O) groups excluding carboxylic acids is 1. The summed E-state index contributed by atoms with van der Waals surface area (Å²) in [5.41, 5.74) is 0.777. The average Bonchev–Trinajstić information content (AvgIpc) is 2.44. The molecule has 2 aromatic rings. The lowest BCUT2D eigenvalue weighted by Crippen LogP contribution is -2.39. The quantitative estimate of drug-likeness (QED) is 0.899. The number of hydrogen-bond donors (Lipinski definition) is 1. The van der Waals surface area contributed by atoms with Crippen LogP contribution in [-0.2, 0) is 4.79 Å². The lowest BCUT2D eigenvalue weighted by atomic mass is 10.1. The highest BCUT2D eigenvalue weighted by Gasteiger charge is 2.12. The lowest BCUT2D eigenvalue weighted by Gasteiger charge is -2.17. The molecule has 1 heterocycles. The minimum absolute atomic E-state index is 0.0598. The second-order valence-corrected chi connectivity index (χ2v) is 6.14. The zero-order chi connectivity index (χ0) is 15.4. The maximum absolute atomic E-state index is 11.8. The van der Waals surface area contributed by atoms with Crippen LogP contribution in [0.15, 0.2) is 29.0 Å². The van der Waals surface area contributed by atoms with Crippen molar-refractivity contribution in [1.29, 1.82) is 0 Å². The zero-order valence-electron chi connectivity index (χ0n) is 12.3. The molecule has 0 spiro atoms. The lowest BCUT2D eigenvalue weighted by molar-refractivity contribution is -0.124. The van der Waals surface area contributed by atoms with Crippen molar-refractivity contribution in [1.82, 2.24) is 15.3 Å². The number of aromatic nitrogens is 2. The number of benzene rings is 1. The minimum atomic E-state index is -0.155. The highest BCUT2D eigenvalue weighted by atomic mass is 79.9. The van der Waals surface area contributed by atoms with E-state index in [0.29, 0.717) is 11.8 Å². The van der Waals surface area contributed by atoms with E-state index in [1.54, 1.807) is 0 Å². The first-order chi connectivity index (χ1) is 9.97. The Hall–Kier alpha value is -1.69. The molecule has 1 N–H and O–H groups in total. The van der Waals surface area contributed by atoms with E-state index in [1.165, 1.54) is 6.33 Å². The van der Waals surface area contributed by atoms with Crippen LogP contribution in [0.4, 0.5) is 0 Å². The molecule has 0 saturated carbocycles. The van der Waals surface area contributed by atoms with Crippen molar-refractivity contribution in [3.05, 3.63) is 29.0 Å². The van der Waals surface area contributed by atoms with E-state index in [9.17, 15) is 4.79 Å². The van der Waals surface area contributed by atoms with Crippen molar-refractivity contribution in [2.45, 2.75) is 26.8 Å². The fourth-order valence-electron chi connectivity index (χ4n) is 1.72. The Labute approximate surface area is 132 Å². The Morgan fingerprint density at radius 1 is 1.33 bits per heavy atom. The molecule has 5 nitrogen and oxygen atoms in total. The summed E-state index contributed by atoms with van der Waals surface area (Å²) in [6.45, 7) is 6.03. The maximum Gasteiger partial charge on any atom is 0.258 e. The Morgan fingerprint density at radius 2 is 2.10 bits per heavy atom. The number of carbonyl (C=O) groups is 1. The van der Waals surface area contributed by atoms with Crippen LogP contribution >= 0.6 is 15.9 Å². The molecule has 0 aliphatic carbocycles. The number of amides is 1. The highest BCUT2D eigenvalue weighted by molar-refractivity contribution is 9.10. The predicted molar refractivity (Wildman–Crippen MR) is 85.2 cm³/mol.